The number of fused-ring (bicyclic) bond motifs is 1. The molecule has 118 valence electrons. The van der Waals surface area contributed by atoms with Gasteiger partial charge in [0.15, 0.2) is 0 Å². The van der Waals surface area contributed by atoms with Crippen molar-refractivity contribution >= 4 is 11.8 Å². The molecule has 0 spiro atoms. The molecule has 2 atom stereocenters. The van der Waals surface area contributed by atoms with Crippen LogP contribution in [-0.2, 0) is 11.3 Å². The number of nitrogens with one attached hydrogen (secondary N) is 1. The summed E-state index contributed by atoms with van der Waals surface area (Å²) in [5.74, 6) is 0.847. The molecule has 1 aromatic carbocycles. The summed E-state index contributed by atoms with van der Waals surface area (Å²) in [4.78, 5) is 25.8. The Labute approximate surface area is 131 Å². The number of amides is 2. The molecular formula is C18H24N2O2. The average Bonchev–Trinajstić information content (AvgIpc) is 3.01. The van der Waals surface area contributed by atoms with E-state index in [9.17, 15) is 9.59 Å². The Balaban J connectivity index is 1.67. The Morgan fingerprint density at radius 1 is 1.14 bits per heavy atom. The molecule has 1 saturated carbocycles. The molecule has 0 aromatic heterocycles. The van der Waals surface area contributed by atoms with Crippen LogP contribution in [0.2, 0.25) is 0 Å². The van der Waals surface area contributed by atoms with E-state index in [0.29, 0.717) is 12.6 Å². The van der Waals surface area contributed by atoms with Gasteiger partial charge in [-0.15, -0.1) is 0 Å². The quantitative estimate of drug-likeness (QED) is 0.933. The fraction of sp³-hybridized carbons (Fsp3) is 0.556. The maximum Gasteiger partial charge on any atom is 0.254 e. The summed E-state index contributed by atoms with van der Waals surface area (Å²) in [5, 5.41) is 2.77. The molecule has 1 saturated heterocycles. The fourth-order valence-corrected chi connectivity index (χ4v) is 3.86. The molecule has 1 N–H and O–H groups in total. The number of carbonyl (C=O) groups excluding carboxylic acids is 2. The minimum Gasteiger partial charge on any atom is -0.352 e. The van der Waals surface area contributed by atoms with Gasteiger partial charge in [-0.2, -0.15) is 0 Å². The van der Waals surface area contributed by atoms with Crippen molar-refractivity contribution in [2.45, 2.75) is 51.6 Å². The Morgan fingerprint density at radius 3 is 2.59 bits per heavy atom. The first-order chi connectivity index (χ1) is 10.6. The number of likely N-dealkylation sites (tertiary alicyclic amines) is 1. The first kappa shape index (κ1) is 15.1. The van der Waals surface area contributed by atoms with Gasteiger partial charge in [0, 0.05) is 31.6 Å². The maximum absolute atomic E-state index is 12.8. The van der Waals surface area contributed by atoms with Gasteiger partial charge in [0.25, 0.3) is 5.91 Å². The monoisotopic (exact) mass is 300 g/mol. The highest BCUT2D eigenvalue weighted by atomic mass is 16.2. The predicted molar refractivity (Wildman–Crippen MR) is 85.4 cm³/mol. The maximum atomic E-state index is 12.8. The Morgan fingerprint density at radius 2 is 1.86 bits per heavy atom. The standard InChI is InChI=1S/C18H24N2O2/c1-13(21)19-12-14-7-9-16(10-8-14)18(22)20-11-3-5-15-4-2-6-17(15)20/h7-10,15,17H,2-6,11-12H2,1H3,(H,19,21)/t15-,17+/m1/s1. The van der Waals surface area contributed by atoms with Crippen molar-refractivity contribution in [3.63, 3.8) is 0 Å². The lowest BCUT2D eigenvalue weighted by Gasteiger charge is -2.37. The van der Waals surface area contributed by atoms with Crippen LogP contribution in [0.5, 0.6) is 0 Å². The third-order valence-electron chi connectivity index (χ3n) is 5.00. The molecule has 3 rings (SSSR count). The van der Waals surface area contributed by atoms with Crippen molar-refractivity contribution < 1.29 is 9.59 Å². The van der Waals surface area contributed by atoms with Gasteiger partial charge in [-0.05, 0) is 49.3 Å². The number of piperidine rings is 1. The Hall–Kier alpha value is -1.84. The van der Waals surface area contributed by atoms with Crippen LogP contribution in [0.1, 0.15) is 54.9 Å². The number of hydrogen-bond donors (Lipinski definition) is 1. The van der Waals surface area contributed by atoms with E-state index >= 15 is 0 Å². The van der Waals surface area contributed by atoms with E-state index < -0.39 is 0 Å². The first-order valence-electron chi connectivity index (χ1n) is 8.29. The summed E-state index contributed by atoms with van der Waals surface area (Å²) in [6.07, 6.45) is 6.12. The molecule has 0 bridgehead atoms. The summed E-state index contributed by atoms with van der Waals surface area (Å²) < 4.78 is 0. The van der Waals surface area contributed by atoms with Crippen LogP contribution >= 0.6 is 0 Å². The van der Waals surface area contributed by atoms with Gasteiger partial charge in [0.2, 0.25) is 5.91 Å². The second-order valence-electron chi connectivity index (χ2n) is 6.51. The van der Waals surface area contributed by atoms with E-state index in [1.807, 2.05) is 24.3 Å². The summed E-state index contributed by atoms with van der Waals surface area (Å²) in [6.45, 7) is 2.91. The van der Waals surface area contributed by atoms with E-state index in [2.05, 4.69) is 10.2 Å². The molecule has 2 amide bonds. The summed E-state index contributed by atoms with van der Waals surface area (Å²) in [5.41, 5.74) is 1.78. The molecule has 1 aromatic rings. The third kappa shape index (κ3) is 3.16. The van der Waals surface area contributed by atoms with Crippen LogP contribution in [0.3, 0.4) is 0 Å². The topological polar surface area (TPSA) is 49.4 Å². The van der Waals surface area contributed by atoms with Crippen LogP contribution in [-0.4, -0.2) is 29.3 Å². The summed E-state index contributed by atoms with van der Waals surface area (Å²) in [7, 11) is 0. The van der Waals surface area contributed by atoms with Gasteiger partial charge < -0.3 is 10.2 Å². The molecule has 2 aliphatic rings. The molecule has 4 nitrogen and oxygen atoms in total. The number of hydrogen-bond acceptors (Lipinski definition) is 2. The fourth-order valence-electron chi connectivity index (χ4n) is 3.86. The van der Waals surface area contributed by atoms with Gasteiger partial charge >= 0.3 is 0 Å². The molecule has 0 radical (unpaired) electrons. The molecule has 1 heterocycles. The van der Waals surface area contributed by atoms with Crippen molar-refractivity contribution in [2.24, 2.45) is 5.92 Å². The van der Waals surface area contributed by atoms with Gasteiger partial charge in [0.05, 0.1) is 0 Å². The highest BCUT2D eigenvalue weighted by molar-refractivity contribution is 5.94. The molecular weight excluding hydrogens is 276 g/mol. The number of nitrogens with zero attached hydrogens (tertiary/aromatic N) is 1. The molecule has 4 heteroatoms. The lowest BCUT2D eigenvalue weighted by Crippen LogP contribution is -2.46. The summed E-state index contributed by atoms with van der Waals surface area (Å²) in [6, 6.07) is 8.09. The lowest BCUT2D eigenvalue weighted by atomic mass is 9.91. The zero-order valence-electron chi connectivity index (χ0n) is 13.2. The minimum atomic E-state index is -0.0410. The Kier molecular flexibility index (Phi) is 4.46. The van der Waals surface area contributed by atoms with E-state index in [4.69, 9.17) is 0 Å². The van der Waals surface area contributed by atoms with Gasteiger partial charge in [-0.1, -0.05) is 18.6 Å². The van der Waals surface area contributed by atoms with Crippen LogP contribution in [0.25, 0.3) is 0 Å². The van der Waals surface area contributed by atoms with Gasteiger partial charge in [-0.3, -0.25) is 9.59 Å². The number of benzene rings is 1. The van der Waals surface area contributed by atoms with Crippen molar-refractivity contribution in [1.82, 2.24) is 10.2 Å². The highest BCUT2D eigenvalue weighted by Gasteiger charge is 2.37. The zero-order chi connectivity index (χ0) is 15.5. The normalized spacial score (nSPS) is 24.0. The average molecular weight is 300 g/mol. The summed E-state index contributed by atoms with van der Waals surface area (Å²) >= 11 is 0. The van der Waals surface area contributed by atoms with E-state index in [1.165, 1.54) is 26.2 Å². The molecule has 1 aliphatic carbocycles. The SMILES string of the molecule is CC(=O)NCc1ccc(C(=O)N2CCC[C@H]3CCC[C@@H]32)cc1. The number of carbonyl (C=O) groups is 2. The van der Waals surface area contributed by atoms with Crippen molar-refractivity contribution in [2.75, 3.05) is 6.54 Å². The van der Waals surface area contributed by atoms with Crippen LogP contribution in [0, 0.1) is 5.92 Å². The third-order valence-corrected chi connectivity index (χ3v) is 5.00. The predicted octanol–water partition coefficient (Wildman–Crippen LogP) is 2.73. The van der Waals surface area contributed by atoms with Crippen molar-refractivity contribution in [1.29, 1.82) is 0 Å². The zero-order valence-corrected chi connectivity index (χ0v) is 13.2. The lowest BCUT2D eigenvalue weighted by molar-refractivity contribution is -0.119. The second-order valence-corrected chi connectivity index (χ2v) is 6.51. The molecule has 0 unspecified atom stereocenters. The van der Waals surface area contributed by atoms with Gasteiger partial charge in [-0.25, -0.2) is 0 Å². The van der Waals surface area contributed by atoms with Crippen molar-refractivity contribution in [3.8, 4) is 0 Å². The largest absolute Gasteiger partial charge is 0.352 e. The molecule has 22 heavy (non-hydrogen) atoms. The van der Waals surface area contributed by atoms with Crippen molar-refractivity contribution in [3.05, 3.63) is 35.4 Å². The highest BCUT2D eigenvalue weighted by Crippen LogP contribution is 2.37. The number of rotatable bonds is 3. The van der Waals surface area contributed by atoms with Gasteiger partial charge in [0.1, 0.15) is 0 Å². The Bertz CT molecular complexity index is 553. The molecule has 2 fully saturated rings. The van der Waals surface area contributed by atoms with E-state index in [-0.39, 0.29) is 11.8 Å². The van der Waals surface area contributed by atoms with Crippen LogP contribution < -0.4 is 5.32 Å². The van der Waals surface area contributed by atoms with Crippen LogP contribution in [0.15, 0.2) is 24.3 Å². The minimum absolute atomic E-state index is 0.0410. The first-order valence-corrected chi connectivity index (χ1v) is 8.29. The second kappa shape index (κ2) is 6.51. The van der Waals surface area contributed by atoms with Crippen LogP contribution in [0.4, 0.5) is 0 Å². The smallest absolute Gasteiger partial charge is 0.254 e. The van der Waals surface area contributed by atoms with E-state index in [0.717, 1.165) is 36.4 Å². The molecule has 1 aliphatic heterocycles. The van der Waals surface area contributed by atoms with E-state index in [1.54, 1.807) is 0 Å².